The largest absolute Gasteiger partial charge is 0.462 e. The maximum atomic E-state index is 12.5. The maximum Gasteiger partial charge on any atom is 0.309 e. The quantitative estimate of drug-likeness (QED) is 0.242. The molecular weight excluding hydrogens is 334 g/mol. The van der Waals surface area contributed by atoms with Crippen molar-refractivity contribution < 1.29 is 9.53 Å². The number of nitriles is 1. The van der Waals surface area contributed by atoms with Gasteiger partial charge in [-0.25, -0.2) is 0 Å². The number of carbonyl (C=O) groups is 1. The van der Waals surface area contributed by atoms with E-state index in [1.165, 1.54) is 44.9 Å². The molecule has 0 saturated heterocycles. The Hall–Kier alpha value is -1.30. The molecule has 3 heteroatoms. The van der Waals surface area contributed by atoms with Gasteiger partial charge in [0.2, 0.25) is 0 Å². The summed E-state index contributed by atoms with van der Waals surface area (Å²) in [5.74, 6) is 1.81. The molecule has 0 atom stereocenters. The Morgan fingerprint density at radius 1 is 0.963 bits per heavy atom. The molecule has 2 saturated carbocycles. The van der Waals surface area contributed by atoms with Crippen molar-refractivity contribution in [1.82, 2.24) is 0 Å². The molecule has 0 aliphatic heterocycles. The Kier molecular flexibility index (Phi) is 10.6. The van der Waals surface area contributed by atoms with Crippen LogP contribution in [0.5, 0.6) is 0 Å². The lowest BCUT2D eigenvalue weighted by atomic mass is 9.79. The molecule has 2 aliphatic carbocycles. The lowest BCUT2D eigenvalue weighted by molar-refractivity contribution is -0.157. The number of hydrogen-bond acceptors (Lipinski definition) is 3. The lowest BCUT2D eigenvalue weighted by Crippen LogP contribution is -2.30. The number of ether oxygens (including phenoxy) is 1. The minimum absolute atomic E-state index is 0.0832. The minimum atomic E-state index is 0.0832. The molecule has 3 nitrogen and oxygen atoms in total. The molecule has 2 rings (SSSR count). The highest BCUT2D eigenvalue weighted by Gasteiger charge is 2.30. The van der Waals surface area contributed by atoms with Crippen molar-refractivity contribution in [3.63, 3.8) is 0 Å². The fourth-order valence-electron chi connectivity index (χ4n) is 4.81. The maximum absolute atomic E-state index is 12.5. The molecule has 27 heavy (non-hydrogen) atoms. The number of nitrogens with zero attached hydrogens (tertiary/aromatic N) is 1. The summed E-state index contributed by atoms with van der Waals surface area (Å²) in [5, 5.41) is 8.52. The third-order valence-electron chi connectivity index (χ3n) is 6.66. The standard InChI is InChI=1S/C24H39NO2/c1-2-3-4-6-9-20-11-15-22(16-12-20)24(26)27-23-17-13-21(14-18-23)10-7-5-8-19-25/h5,8,20-23H,2-4,6-7,9-18H2,1H3. The van der Waals surface area contributed by atoms with Crippen LogP contribution in [0.1, 0.15) is 103 Å². The van der Waals surface area contributed by atoms with Gasteiger partial charge >= 0.3 is 5.97 Å². The van der Waals surface area contributed by atoms with Crippen molar-refractivity contribution in [3.8, 4) is 6.07 Å². The van der Waals surface area contributed by atoms with Crippen molar-refractivity contribution in [2.45, 2.75) is 109 Å². The summed E-state index contributed by atoms with van der Waals surface area (Å²) in [7, 11) is 0. The van der Waals surface area contributed by atoms with Crippen LogP contribution >= 0.6 is 0 Å². The first kappa shape index (κ1) is 22.0. The zero-order valence-corrected chi connectivity index (χ0v) is 17.3. The highest BCUT2D eigenvalue weighted by atomic mass is 16.5. The van der Waals surface area contributed by atoms with E-state index in [2.05, 4.69) is 6.92 Å². The van der Waals surface area contributed by atoms with E-state index in [0.29, 0.717) is 0 Å². The third kappa shape index (κ3) is 8.50. The van der Waals surface area contributed by atoms with Crippen LogP contribution in [0.15, 0.2) is 12.2 Å². The van der Waals surface area contributed by atoms with Gasteiger partial charge in [-0.1, -0.05) is 45.1 Å². The van der Waals surface area contributed by atoms with Crippen molar-refractivity contribution >= 4 is 5.97 Å². The predicted octanol–water partition coefficient (Wildman–Crippen LogP) is 6.73. The number of unbranched alkanes of at least 4 members (excludes halogenated alkanes) is 3. The lowest BCUT2D eigenvalue weighted by Gasteiger charge is -2.31. The van der Waals surface area contributed by atoms with Gasteiger partial charge in [0.25, 0.3) is 0 Å². The van der Waals surface area contributed by atoms with E-state index in [-0.39, 0.29) is 18.0 Å². The molecule has 0 aromatic carbocycles. The molecule has 0 heterocycles. The SMILES string of the molecule is CCCCCCC1CCC(C(=O)OC2CCC(CCC=CC#N)CC2)CC1. The van der Waals surface area contributed by atoms with Gasteiger partial charge in [0.1, 0.15) is 6.10 Å². The molecule has 0 bridgehead atoms. The summed E-state index contributed by atoms with van der Waals surface area (Å²) in [6, 6.07) is 2.04. The van der Waals surface area contributed by atoms with Gasteiger partial charge in [0, 0.05) is 6.08 Å². The Morgan fingerprint density at radius 3 is 2.30 bits per heavy atom. The van der Waals surface area contributed by atoms with Crippen LogP contribution in [0.2, 0.25) is 0 Å². The zero-order valence-electron chi connectivity index (χ0n) is 17.3. The Bertz CT molecular complexity index is 477. The van der Waals surface area contributed by atoms with Crippen LogP contribution in [-0.4, -0.2) is 12.1 Å². The fourth-order valence-corrected chi connectivity index (χ4v) is 4.81. The Balaban J connectivity index is 1.57. The topological polar surface area (TPSA) is 50.1 Å². The van der Waals surface area contributed by atoms with Crippen LogP contribution in [0, 0.1) is 29.1 Å². The van der Waals surface area contributed by atoms with Gasteiger partial charge in [-0.05, 0) is 76.0 Å². The molecule has 0 aromatic heterocycles. The van der Waals surface area contributed by atoms with Crippen molar-refractivity contribution in [1.29, 1.82) is 5.26 Å². The van der Waals surface area contributed by atoms with Crippen LogP contribution in [0.25, 0.3) is 0 Å². The van der Waals surface area contributed by atoms with E-state index >= 15 is 0 Å². The van der Waals surface area contributed by atoms with Crippen LogP contribution < -0.4 is 0 Å². The van der Waals surface area contributed by atoms with E-state index in [0.717, 1.165) is 63.2 Å². The first-order valence-electron chi connectivity index (χ1n) is 11.5. The van der Waals surface area contributed by atoms with Crippen molar-refractivity contribution in [2.24, 2.45) is 17.8 Å². The molecule has 0 radical (unpaired) electrons. The first-order valence-corrected chi connectivity index (χ1v) is 11.5. The second kappa shape index (κ2) is 13.0. The highest BCUT2D eigenvalue weighted by molar-refractivity contribution is 5.72. The smallest absolute Gasteiger partial charge is 0.309 e. The summed E-state index contributed by atoms with van der Waals surface area (Å²) >= 11 is 0. The van der Waals surface area contributed by atoms with Gasteiger partial charge in [0.05, 0.1) is 12.0 Å². The van der Waals surface area contributed by atoms with E-state index < -0.39 is 0 Å². The van der Waals surface area contributed by atoms with Crippen LogP contribution in [0.3, 0.4) is 0 Å². The second-order valence-corrected chi connectivity index (χ2v) is 8.76. The number of rotatable bonds is 10. The second-order valence-electron chi connectivity index (χ2n) is 8.76. The molecule has 0 unspecified atom stereocenters. The van der Waals surface area contributed by atoms with Gasteiger partial charge in [0.15, 0.2) is 0 Å². The molecule has 0 amide bonds. The van der Waals surface area contributed by atoms with Crippen molar-refractivity contribution in [3.05, 3.63) is 12.2 Å². The molecule has 0 spiro atoms. The molecule has 0 N–H and O–H groups in total. The van der Waals surface area contributed by atoms with Crippen LogP contribution in [0.4, 0.5) is 0 Å². The summed E-state index contributed by atoms with van der Waals surface area (Å²) in [4.78, 5) is 12.5. The molecular formula is C24H39NO2. The Morgan fingerprint density at radius 2 is 1.63 bits per heavy atom. The summed E-state index contributed by atoms with van der Waals surface area (Å²) in [6.07, 6.45) is 21.5. The fraction of sp³-hybridized carbons (Fsp3) is 0.833. The Labute approximate surface area is 166 Å². The number of carbonyl (C=O) groups excluding carboxylic acids is 1. The van der Waals surface area contributed by atoms with Crippen molar-refractivity contribution in [2.75, 3.05) is 0 Å². The molecule has 152 valence electrons. The number of hydrogen-bond donors (Lipinski definition) is 0. The number of esters is 1. The summed E-state index contributed by atoms with van der Waals surface area (Å²) in [5.41, 5.74) is 0. The third-order valence-corrected chi connectivity index (χ3v) is 6.66. The summed E-state index contributed by atoms with van der Waals surface area (Å²) in [6.45, 7) is 2.26. The average Bonchev–Trinajstić information content (AvgIpc) is 2.70. The molecule has 0 aromatic rings. The van der Waals surface area contributed by atoms with Gasteiger partial charge < -0.3 is 4.74 Å². The average molecular weight is 374 g/mol. The van der Waals surface area contributed by atoms with Gasteiger partial charge in [-0.15, -0.1) is 0 Å². The van der Waals surface area contributed by atoms with E-state index in [1.54, 1.807) is 6.08 Å². The first-order chi connectivity index (χ1) is 13.2. The predicted molar refractivity (Wildman–Crippen MR) is 110 cm³/mol. The zero-order chi connectivity index (χ0) is 19.3. The molecule has 2 fully saturated rings. The normalized spacial score (nSPS) is 28.7. The monoisotopic (exact) mass is 373 g/mol. The highest BCUT2D eigenvalue weighted by Crippen LogP contribution is 2.34. The van der Waals surface area contributed by atoms with E-state index in [1.807, 2.05) is 12.1 Å². The van der Waals surface area contributed by atoms with Crippen LogP contribution in [-0.2, 0) is 9.53 Å². The number of allylic oxidation sites excluding steroid dienone is 2. The van der Waals surface area contributed by atoms with E-state index in [4.69, 9.17) is 10.00 Å². The minimum Gasteiger partial charge on any atom is -0.462 e. The molecule has 2 aliphatic rings. The summed E-state index contributed by atoms with van der Waals surface area (Å²) < 4.78 is 5.87. The van der Waals surface area contributed by atoms with E-state index in [9.17, 15) is 4.79 Å². The van der Waals surface area contributed by atoms with Gasteiger partial charge in [-0.3, -0.25) is 4.79 Å². The van der Waals surface area contributed by atoms with Gasteiger partial charge in [-0.2, -0.15) is 5.26 Å².